The third-order valence-corrected chi connectivity index (χ3v) is 7.55. The first kappa shape index (κ1) is 21.6. The predicted octanol–water partition coefficient (Wildman–Crippen LogP) is 8.05. The molecule has 0 N–H and O–H groups in total. The highest BCUT2D eigenvalue weighted by atomic mass is 16.5. The van der Waals surface area contributed by atoms with E-state index in [4.69, 9.17) is 4.74 Å². The second-order valence-corrected chi connectivity index (χ2v) is 9.59. The van der Waals surface area contributed by atoms with Crippen molar-refractivity contribution in [2.75, 3.05) is 7.11 Å². The summed E-state index contributed by atoms with van der Waals surface area (Å²) in [4.78, 5) is 0. The van der Waals surface area contributed by atoms with Crippen LogP contribution in [0.4, 0.5) is 0 Å². The van der Waals surface area contributed by atoms with Crippen LogP contribution in [0.5, 0.6) is 0 Å². The zero-order valence-corrected chi connectivity index (χ0v) is 18.2. The molecule has 0 atom stereocenters. The Morgan fingerprint density at radius 2 is 1.36 bits per heavy atom. The largest absolute Gasteiger partial charge is 0.380 e. The number of rotatable bonds is 10. The molecule has 156 valence electrons. The van der Waals surface area contributed by atoms with Gasteiger partial charge >= 0.3 is 0 Å². The SMILES string of the molecule is C=CCC1CCC(CCCCC2CCC(c3ccc(COC)cc3)CC2)CC1. The van der Waals surface area contributed by atoms with Gasteiger partial charge in [-0.25, -0.2) is 0 Å². The van der Waals surface area contributed by atoms with Crippen molar-refractivity contribution in [2.45, 2.75) is 96.0 Å². The molecule has 28 heavy (non-hydrogen) atoms. The maximum absolute atomic E-state index is 5.22. The highest BCUT2D eigenvalue weighted by molar-refractivity contribution is 5.25. The van der Waals surface area contributed by atoms with Crippen LogP contribution in [0.25, 0.3) is 0 Å². The number of benzene rings is 1. The van der Waals surface area contributed by atoms with Crippen LogP contribution in [0.2, 0.25) is 0 Å². The molecule has 0 unspecified atom stereocenters. The monoisotopic (exact) mass is 382 g/mol. The van der Waals surface area contributed by atoms with E-state index in [2.05, 4.69) is 36.9 Å². The van der Waals surface area contributed by atoms with Gasteiger partial charge in [0.05, 0.1) is 6.61 Å². The van der Waals surface area contributed by atoms with E-state index in [1.807, 2.05) is 0 Å². The van der Waals surface area contributed by atoms with E-state index in [0.29, 0.717) is 0 Å². The first-order valence-electron chi connectivity index (χ1n) is 12.0. The summed E-state index contributed by atoms with van der Waals surface area (Å²) >= 11 is 0. The molecule has 2 fully saturated rings. The summed E-state index contributed by atoms with van der Waals surface area (Å²) in [5, 5.41) is 0. The number of allylic oxidation sites excluding steroid dienone is 1. The predicted molar refractivity (Wildman–Crippen MR) is 121 cm³/mol. The van der Waals surface area contributed by atoms with Crippen molar-refractivity contribution in [2.24, 2.45) is 17.8 Å². The fraction of sp³-hybridized carbons (Fsp3) is 0.704. The van der Waals surface area contributed by atoms with E-state index < -0.39 is 0 Å². The molecule has 1 heteroatoms. The smallest absolute Gasteiger partial charge is 0.0713 e. The van der Waals surface area contributed by atoms with Gasteiger partial charge in [0.25, 0.3) is 0 Å². The van der Waals surface area contributed by atoms with Crippen molar-refractivity contribution < 1.29 is 4.74 Å². The minimum atomic E-state index is 0.725. The first-order valence-corrected chi connectivity index (χ1v) is 12.0. The summed E-state index contributed by atoms with van der Waals surface area (Å²) in [5.41, 5.74) is 2.83. The maximum atomic E-state index is 5.22. The molecule has 2 aliphatic rings. The van der Waals surface area contributed by atoms with Crippen LogP contribution < -0.4 is 0 Å². The molecule has 0 spiro atoms. The van der Waals surface area contributed by atoms with Crippen LogP contribution in [-0.2, 0) is 11.3 Å². The van der Waals surface area contributed by atoms with Crippen LogP contribution in [0.15, 0.2) is 36.9 Å². The molecule has 0 amide bonds. The van der Waals surface area contributed by atoms with Gasteiger partial charge in [-0.05, 0) is 79.7 Å². The Hall–Kier alpha value is -1.08. The molecule has 0 heterocycles. The van der Waals surface area contributed by atoms with Gasteiger partial charge in [0, 0.05) is 7.11 Å². The maximum Gasteiger partial charge on any atom is 0.0713 e. The number of hydrogen-bond donors (Lipinski definition) is 0. The Kier molecular flexibility index (Phi) is 9.12. The van der Waals surface area contributed by atoms with Crippen molar-refractivity contribution >= 4 is 0 Å². The lowest BCUT2D eigenvalue weighted by Gasteiger charge is -2.30. The molecule has 0 bridgehead atoms. The number of hydrogen-bond acceptors (Lipinski definition) is 1. The Bertz CT molecular complexity index is 544. The van der Waals surface area contributed by atoms with Crippen molar-refractivity contribution in [3.63, 3.8) is 0 Å². The Balaban J connectivity index is 1.27. The minimum absolute atomic E-state index is 0.725. The van der Waals surface area contributed by atoms with Crippen molar-refractivity contribution in [1.82, 2.24) is 0 Å². The van der Waals surface area contributed by atoms with E-state index in [1.54, 1.807) is 12.7 Å². The highest BCUT2D eigenvalue weighted by Gasteiger charge is 2.23. The second kappa shape index (κ2) is 11.8. The third kappa shape index (κ3) is 6.76. The molecular formula is C27H42O. The normalized spacial score (nSPS) is 28.2. The van der Waals surface area contributed by atoms with Crippen LogP contribution in [0, 0.1) is 17.8 Å². The Morgan fingerprint density at radius 1 is 0.821 bits per heavy atom. The van der Waals surface area contributed by atoms with Crippen LogP contribution in [0.3, 0.4) is 0 Å². The highest BCUT2D eigenvalue weighted by Crippen LogP contribution is 2.38. The lowest BCUT2D eigenvalue weighted by Crippen LogP contribution is -2.15. The quantitative estimate of drug-likeness (QED) is 0.294. The van der Waals surface area contributed by atoms with Gasteiger partial charge in [0.2, 0.25) is 0 Å². The summed E-state index contributed by atoms with van der Waals surface area (Å²) in [6.45, 7) is 4.63. The van der Waals surface area contributed by atoms with Crippen molar-refractivity contribution in [3.8, 4) is 0 Å². The molecule has 1 aromatic carbocycles. The lowest BCUT2D eigenvalue weighted by molar-refractivity contribution is 0.185. The van der Waals surface area contributed by atoms with Gasteiger partial charge in [0.15, 0.2) is 0 Å². The molecule has 0 aromatic heterocycles. The molecular weight excluding hydrogens is 340 g/mol. The van der Waals surface area contributed by atoms with Crippen LogP contribution in [-0.4, -0.2) is 7.11 Å². The molecule has 0 saturated heterocycles. The van der Waals surface area contributed by atoms with Crippen molar-refractivity contribution in [3.05, 3.63) is 48.0 Å². The molecule has 1 aromatic rings. The topological polar surface area (TPSA) is 9.23 Å². The van der Waals surface area contributed by atoms with Gasteiger partial charge in [-0.1, -0.05) is 68.9 Å². The van der Waals surface area contributed by atoms with Gasteiger partial charge < -0.3 is 4.74 Å². The summed E-state index contributed by atoms with van der Waals surface area (Å²) in [6.07, 6.45) is 20.8. The zero-order chi connectivity index (χ0) is 19.6. The van der Waals surface area contributed by atoms with E-state index in [-0.39, 0.29) is 0 Å². The molecule has 0 aliphatic heterocycles. The number of methoxy groups -OCH3 is 1. The fourth-order valence-corrected chi connectivity index (χ4v) is 5.69. The number of unbranched alkanes of at least 4 members (excludes halogenated alkanes) is 1. The van der Waals surface area contributed by atoms with Crippen LogP contribution in [0.1, 0.15) is 101 Å². The van der Waals surface area contributed by atoms with Crippen LogP contribution >= 0.6 is 0 Å². The summed E-state index contributed by atoms with van der Waals surface area (Å²) < 4.78 is 5.22. The lowest BCUT2D eigenvalue weighted by atomic mass is 9.76. The Morgan fingerprint density at radius 3 is 1.89 bits per heavy atom. The van der Waals surface area contributed by atoms with E-state index in [9.17, 15) is 0 Å². The summed E-state index contributed by atoms with van der Waals surface area (Å²) in [6, 6.07) is 9.16. The average Bonchev–Trinajstić information content (AvgIpc) is 2.74. The van der Waals surface area contributed by atoms with Gasteiger partial charge in [-0.15, -0.1) is 6.58 Å². The number of ether oxygens (including phenoxy) is 1. The standard InChI is InChI=1S/C27H42O/c1-3-6-22-9-11-23(12-10-22)7-4-5-8-24-13-17-26(18-14-24)27-19-15-25(16-20-27)21-28-2/h3,15-16,19-20,22-24,26H,1,4-14,17-18,21H2,2H3. The molecule has 1 nitrogen and oxygen atoms in total. The van der Waals surface area contributed by atoms with Gasteiger partial charge in [-0.2, -0.15) is 0 Å². The van der Waals surface area contributed by atoms with E-state index >= 15 is 0 Å². The summed E-state index contributed by atoms with van der Waals surface area (Å²) in [7, 11) is 1.77. The fourth-order valence-electron chi connectivity index (χ4n) is 5.69. The third-order valence-electron chi connectivity index (χ3n) is 7.55. The molecule has 2 saturated carbocycles. The van der Waals surface area contributed by atoms with E-state index in [0.717, 1.165) is 30.3 Å². The molecule has 0 radical (unpaired) electrons. The van der Waals surface area contributed by atoms with Crippen molar-refractivity contribution in [1.29, 1.82) is 0 Å². The molecule has 3 rings (SSSR count). The second-order valence-electron chi connectivity index (χ2n) is 9.59. The van der Waals surface area contributed by atoms with Gasteiger partial charge in [-0.3, -0.25) is 0 Å². The van der Waals surface area contributed by atoms with Gasteiger partial charge in [0.1, 0.15) is 0 Å². The zero-order valence-electron chi connectivity index (χ0n) is 18.2. The minimum Gasteiger partial charge on any atom is -0.380 e. The molecule has 2 aliphatic carbocycles. The first-order chi connectivity index (χ1) is 13.8. The summed E-state index contributed by atoms with van der Waals surface area (Å²) in [5.74, 6) is 3.75. The average molecular weight is 383 g/mol. The van der Waals surface area contributed by atoms with E-state index in [1.165, 1.54) is 89.0 Å². The Labute approximate surface area is 174 Å².